The third kappa shape index (κ3) is 2.63. The van der Waals surface area contributed by atoms with Crippen LogP contribution in [0, 0.1) is 0 Å². The van der Waals surface area contributed by atoms with Gasteiger partial charge in [-0.3, -0.25) is 19.6 Å². The Hall–Kier alpha value is -2.90. The molecule has 1 aromatic heterocycles. The van der Waals surface area contributed by atoms with Gasteiger partial charge in [-0.05, 0) is 38.3 Å². The highest BCUT2D eigenvalue weighted by Crippen LogP contribution is 2.39. The van der Waals surface area contributed by atoms with Crippen LogP contribution in [-0.4, -0.2) is 39.6 Å². The van der Waals surface area contributed by atoms with Crippen LogP contribution in [0.2, 0.25) is 0 Å². The summed E-state index contributed by atoms with van der Waals surface area (Å²) in [6.45, 7) is 1.63. The third-order valence-corrected chi connectivity index (χ3v) is 4.83. The molecule has 130 valence electrons. The average Bonchev–Trinajstić information content (AvgIpc) is 3.10. The van der Waals surface area contributed by atoms with Crippen molar-refractivity contribution in [3.8, 4) is 5.75 Å². The van der Waals surface area contributed by atoms with Gasteiger partial charge in [-0.1, -0.05) is 12.1 Å². The van der Waals surface area contributed by atoms with Crippen LogP contribution < -0.4 is 15.0 Å². The molecule has 0 unspecified atom stereocenters. The molecule has 8 nitrogen and oxygen atoms in total. The van der Waals surface area contributed by atoms with Crippen LogP contribution in [0.3, 0.4) is 0 Å². The maximum absolute atomic E-state index is 12.7. The molecule has 2 aliphatic rings. The summed E-state index contributed by atoms with van der Waals surface area (Å²) in [7, 11) is 0. The maximum atomic E-state index is 12.7. The molecular formula is C17H19N5O3. The van der Waals surface area contributed by atoms with Gasteiger partial charge in [0.1, 0.15) is 24.4 Å². The summed E-state index contributed by atoms with van der Waals surface area (Å²) in [6, 6.07) is 7.23. The van der Waals surface area contributed by atoms with Crippen LogP contribution in [0.1, 0.15) is 32.0 Å². The summed E-state index contributed by atoms with van der Waals surface area (Å²) in [4.78, 5) is 30.8. The highest BCUT2D eigenvalue weighted by Gasteiger charge is 2.43. The van der Waals surface area contributed by atoms with Gasteiger partial charge in [-0.15, -0.1) is 0 Å². The Labute approximate surface area is 144 Å². The highest BCUT2D eigenvalue weighted by molar-refractivity contribution is 6.03. The molecule has 4 rings (SSSR count). The van der Waals surface area contributed by atoms with E-state index in [0.29, 0.717) is 17.3 Å². The fourth-order valence-electron chi connectivity index (χ4n) is 3.36. The largest absolute Gasteiger partial charge is 0.479 e. The van der Waals surface area contributed by atoms with Crippen molar-refractivity contribution in [1.29, 1.82) is 0 Å². The second kappa shape index (κ2) is 5.87. The summed E-state index contributed by atoms with van der Waals surface area (Å²) in [5.74, 6) is 0.815. The van der Waals surface area contributed by atoms with Crippen molar-refractivity contribution >= 4 is 17.5 Å². The lowest BCUT2D eigenvalue weighted by Crippen LogP contribution is -2.56. The van der Waals surface area contributed by atoms with E-state index in [9.17, 15) is 9.59 Å². The number of aromatic amines is 1. The van der Waals surface area contributed by atoms with Gasteiger partial charge in [0.05, 0.1) is 11.2 Å². The van der Waals surface area contributed by atoms with E-state index in [1.54, 1.807) is 19.1 Å². The zero-order chi connectivity index (χ0) is 17.4. The van der Waals surface area contributed by atoms with Gasteiger partial charge in [0.15, 0.2) is 6.10 Å². The third-order valence-electron chi connectivity index (χ3n) is 4.83. The van der Waals surface area contributed by atoms with Crippen LogP contribution in [-0.2, 0) is 15.1 Å². The number of fused-ring (bicyclic) bond motifs is 1. The number of rotatable bonds is 4. The number of hydrogen-bond donors (Lipinski definition) is 2. The van der Waals surface area contributed by atoms with Crippen LogP contribution >= 0.6 is 0 Å². The average molecular weight is 341 g/mol. The molecule has 1 aliphatic heterocycles. The number of para-hydroxylation sites is 2. The van der Waals surface area contributed by atoms with Crippen LogP contribution in [0.4, 0.5) is 5.69 Å². The van der Waals surface area contributed by atoms with E-state index in [-0.39, 0.29) is 18.4 Å². The van der Waals surface area contributed by atoms with Crippen molar-refractivity contribution in [2.24, 2.45) is 0 Å². The summed E-state index contributed by atoms with van der Waals surface area (Å²) in [6.07, 6.45) is 3.44. The SMILES string of the molecule is C[C@H]1Oc2ccccc2N(CC(=O)NC2(c3ncn[nH]3)CCC2)C1=O. The summed E-state index contributed by atoms with van der Waals surface area (Å²) in [5, 5.41) is 9.76. The summed E-state index contributed by atoms with van der Waals surface area (Å²) < 4.78 is 5.60. The Morgan fingerprint density at radius 1 is 1.44 bits per heavy atom. The Morgan fingerprint density at radius 2 is 2.24 bits per heavy atom. The molecule has 1 saturated carbocycles. The lowest BCUT2D eigenvalue weighted by molar-refractivity contribution is -0.129. The zero-order valence-corrected chi connectivity index (χ0v) is 13.9. The number of benzene rings is 1. The van der Waals surface area contributed by atoms with Crippen molar-refractivity contribution in [2.75, 3.05) is 11.4 Å². The van der Waals surface area contributed by atoms with Gasteiger partial charge < -0.3 is 10.1 Å². The number of hydrogen-bond acceptors (Lipinski definition) is 5. The number of H-pyrrole nitrogens is 1. The smallest absolute Gasteiger partial charge is 0.268 e. The molecule has 2 heterocycles. The minimum Gasteiger partial charge on any atom is -0.479 e. The molecule has 0 bridgehead atoms. The minimum atomic E-state index is -0.616. The molecule has 0 spiro atoms. The maximum Gasteiger partial charge on any atom is 0.268 e. The van der Waals surface area contributed by atoms with Gasteiger partial charge in [0.25, 0.3) is 5.91 Å². The van der Waals surface area contributed by atoms with Gasteiger partial charge in [-0.2, -0.15) is 5.10 Å². The van der Waals surface area contributed by atoms with Crippen molar-refractivity contribution in [1.82, 2.24) is 20.5 Å². The number of aromatic nitrogens is 3. The second-order valence-corrected chi connectivity index (χ2v) is 6.47. The predicted molar refractivity (Wildman–Crippen MR) is 88.9 cm³/mol. The molecule has 8 heteroatoms. The van der Waals surface area contributed by atoms with Crippen molar-refractivity contribution in [2.45, 2.75) is 37.8 Å². The summed E-state index contributed by atoms with van der Waals surface area (Å²) in [5.41, 5.74) is 0.108. The van der Waals surface area contributed by atoms with Crippen LogP contribution in [0.5, 0.6) is 5.75 Å². The van der Waals surface area contributed by atoms with Crippen molar-refractivity contribution in [3.05, 3.63) is 36.4 Å². The van der Waals surface area contributed by atoms with E-state index in [2.05, 4.69) is 20.5 Å². The first-order valence-corrected chi connectivity index (χ1v) is 8.33. The van der Waals surface area contributed by atoms with Crippen LogP contribution in [0.25, 0.3) is 0 Å². The molecular weight excluding hydrogens is 322 g/mol. The number of amides is 2. The minimum absolute atomic E-state index is 0.0561. The fraction of sp³-hybridized carbons (Fsp3) is 0.412. The predicted octanol–water partition coefficient (Wildman–Crippen LogP) is 1.11. The monoisotopic (exact) mass is 341 g/mol. The van der Waals surface area contributed by atoms with Gasteiger partial charge in [0.2, 0.25) is 5.91 Å². The lowest BCUT2D eigenvalue weighted by atomic mass is 9.76. The normalized spacial score (nSPS) is 21.1. The number of nitrogens with zero attached hydrogens (tertiary/aromatic N) is 3. The number of anilines is 1. The first-order chi connectivity index (χ1) is 12.1. The van der Waals surface area contributed by atoms with E-state index in [4.69, 9.17) is 4.74 Å². The van der Waals surface area contributed by atoms with E-state index < -0.39 is 11.6 Å². The first-order valence-electron chi connectivity index (χ1n) is 8.33. The Morgan fingerprint density at radius 3 is 2.92 bits per heavy atom. The Bertz CT molecular complexity index is 800. The molecule has 25 heavy (non-hydrogen) atoms. The van der Waals surface area contributed by atoms with Gasteiger partial charge in [-0.25, -0.2) is 4.98 Å². The number of ether oxygens (including phenoxy) is 1. The van der Waals surface area contributed by atoms with E-state index in [1.807, 2.05) is 12.1 Å². The second-order valence-electron chi connectivity index (χ2n) is 6.47. The standard InChI is InChI=1S/C17H19N5O3/c1-11-15(24)22(12-5-2-3-6-13(12)25-11)9-14(23)20-17(7-4-8-17)16-18-10-19-21-16/h2-3,5-6,10-11H,4,7-9H2,1H3,(H,20,23)(H,18,19,21)/t11-/m1/s1. The molecule has 0 radical (unpaired) electrons. The van der Waals surface area contributed by atoms with Crippen molar-refractivity contribution < 1.29 is 14.3 Å². The molecule has 1 aliphatic carbocycles. The van der Waals surface area contributed by atoms with Gasteiger partial charge >= 0.3 is 0 Å². The molecule has 1 fully saturated rings. The van der Waals surface area contributed by atoms with E-state index in [0.717, 1.165) is 19.3 Å². The number of carbonyl (C=O) groups is 2. The molecule has 1 atom stereocenters. The Balaban J connectivity index is 1.54. The topological polar surface area (TPSA) is 100 Å². The van der Waals surface area contributed by atoms with Crippen LogP contribution in [0.15, 0.2) is 30.6 Å². The van der Waals surface area contributed by atoms with E-state index >= 15 is 0 Å². The first kappa shape index (κ1) is 15.6. The quantitative estimate of drug-likeness (QED) is 0.868. The molecule has 2 amide bonds. The highest BCUT2D eigenvalue weighted by atomic mass is 16.5. The fourth-order valence-corrected chi connectivity index (χ4v) is 3.36. The number of nitrogens with one attached hydrogen (secondary N) is 2. The van der Waals surface area contributed by atoms with Crippen molar-refractivity contribution in [3.63, 3.8) is 0 Å². The Kier molecular flexibility index (Phi) is 3.67. The molecule has 2 N–H and O–H groups in total. The van der Waals surface area contributed by atoms with E-state index in [1.165, 1.54) is 11.2 Å². The zero-order valence-electron chi connectivity index (χ0n) is 13.9. The van der Waals surface area contributed by atoms with Gasteiger partial charge in [0, 0.05) is 0 Å². The molecule has 2 aromatic rings. The lowest BCUT2D eigenvalue weighted by Gasteiger charge is -2.41. The number of carbonyl (C=O) groups excluding carboxylic acids is 2. The molecule has 1 aromatic carbocycles. The summed E-state index contributed by atoms with van der Waals surface area (Å²) >= 11 is 0. The molecule has 0 saturated heterocycles.